The minimum absolute atomic E-state index is 0.217. The van der Waals surface area contributed by atoms with E-state index >= 15 is 0 Å². The summed E-state index contributed by atoms with van der Waals surface area (Å²) < 4.78 is 32.0. The van der Waals surface area contributed by atoms with Crippen molar-refractivity contribution in [3.8, 4) is 0 Å². The van der Waals surface area contributed by atoms with Crippen molar-refractivity contribution in [3.63, 3.8) is 0 Å². The fraction of sp³-hybridized carbons (Fsp3) is 1.00. The van der Waals surface area contributed by atoms with Gasteiger partial charge in [-0.1, -0.05) is 6.92 Å². The van der Waals surface area contributed by atoms with Crippen molar-refractivity contribution < 1.29 is 13.2 Å². The van der Waals surface area contributed by atoms with Crippen LogP contribution >= 0.6 is 0 Å². The van der Waals surface area contributed by atoms with E-state index in [2.05, 4.69) is 10.0 Å². The lowest BCUT2D eigenvalue weighted by Gasteiger charge is -2.34. The maximum Gasteiger partial charge on any atom is 0.212 e. The van der Waals surface area contributed by atoms with E-state index in [1.54, 1.807) is 0 Å². The lowest BCUT2D eigenvalue weighted by Crippen LogP contribution is -2.50. The molecule has 2 N–H and O–H groups in total. The molecule has 1 fully saturated rings. The number of nitrogens with one attached hydrogen (secondary N) is 2. The van der Waals surface area contributed by atoms with E-state index in [4.69, 9.17) is 4.74 Å². The molecule has 108 valence electrons. The molecule has 0 saturated carbocycles. The van der Waals surface area contributed by atoms with Crippen LogP contribution < -0.4 is 10.0 Å². The molecule has 1 heterocycles. The van der Waals surface area contributed by atoms with E-state index in [1.165, 1.54) is 0 Å². The first kappa shape index (κ1) is 15.9. The quantitative estimate of drug-likeness (QED) is 0.646. The fourth-order valence-electron chi connectivity index (χ4n) is 2.07. The van der Waals surface area contributed by atoms with Gasteiger partial charge in [-0.15, -0.1) is 0 Å². The SMILES string of the molecule is CCNCCCCS(=O)(=O)NC1(C)CCOCC1. The minimum atomic E-state index is -3.16. The Bertz CT molecular complexity index is 324. The van der Waals surface area contributed by atoms with Crippen LogP contribution in [-0.4, -0.2) is 46.0 Å². The van der Waals surface area contributed by atoms with E-state index in [0.717, 1.165) is 32.4 Å². The van der Waals surface area contributed by atoms with Crippen LogP contribution in [0.1, 0.15) is 39.5 Å². The first-order valence-corrected chi connectivity index (χ1v) is 8.43. The van der Waals surface area contributed by atoms with E-state index in [-0.39, 0.29) is 11.3 Å². The number of hydrogen-bond acceptors (Lipinski definition) is 4. The predicted octanol–water partition coefficient (Wildman–Crippen LogP) is 0.865. The second-order valence-corrected chi connectivity index (χ2v) is 7.00. The second kappa shape index (κ2) is 7.43. The molecule has 0 aromatic rings. The van der Waals surface area contributed by atoms with Gasteiger partial charge in [0.15, 0.2) is 0 Å². The number of rotatable bonds is 8. The van der Waals surface area contributed by atoms with E-state index in [1.807, 2.05) is 13.8 Å². The molecule has 0 bridgehead atoms. The summed E-state index contributed by atoms with van der Waals surface area (Å²) in [5.74, 6) is 0.217. The molecule has 1 aliphatic heterocycles. The van der Waals surface area contributed by atoms with Gasteiger partial charge >= 0.3 is 0 Å². The summed E-state index contributed by atoms with van der Waals surface area (Å²) in [4.78, 5) is 0. The molecule has 5 nitrogen and oxygen atoms in total. The van der Waals surface area contributed by atoms with Crippen molar-refractivity contribution in [1.29, 1.82) is 0 Å². The molecular formula is C12H26N2O3S. The van der Waals surface area contributed by atoms with Crippen LogP contribution in [0.3, 0.4) is 0 Å². The zero-order chi connectivity index (χ0) is 13.5. The summed E-state index contributed by atoms with van der Waals surface area (Å²) in [7, 11) is -3.16. The van der Waals surface area contributed by atoms with E-state index in [0.29, 0.717) is 19.6 Å². The molecule has 0 radical (unpaired) electrons. The molecule has 18 heavy (non-hydrogen) atoms. The van der Waals surface area contributed by atoms with Crippen molar-refractivity contribution in [2.24, 2.45) is 0 Å². The number of ether oxygens (including phenoxy) is 1. The van der Waals surface area contributed by atoms with Gasteiger partial charge < -0.3 is 10.1 Å². The molecular weight excluding hydrogens is 252 g/mol. The smallest absolute Gasteiger partial charge is 0.212 e. The van der Waals surface area contributed by atoms with Gasteiger partial charge in [0.2, 0.25) is 10.0 Å². The second-order valence-electron chi connectivity index (χ2n) is 5.15. The maximum atomic E-state index is 12.0. The zero-order valence-corrected chi connectivity index (χ0v) is 12.3. The third kappa shape index (κ3) is 6.13. The third-order valence-electron chi connectivity index (χ3n) is 3.26. The Kier molecular flexibility index (Phi) is 6.55. The molecule has 1 aliphatic rings. The largest absolute Gasteiger partial charge is 0.381 e. The Morgan fingerprint density at radius 2 is 1.89 bits per heavy atom. The lowest BCUT2D eigenvalue weighted by molar-refractivity contribution is 0.0537. The Morgan fingerprint density at radius 3 is 2.50 bits per heavy atom. The third-order valence-corrected chi connectivity index (χ3v) is 4.89. The number of unbranched alkanes of at least 4 members (excludes halogenated alkanes) is 1. The standard InChI is InChI=1S/C12H26N2O3S/c1-3-13-8-4-5-11-18(15,16)14-12(2)6-9-17-10-7-12/h13-14H,3-11H2,1-2H3. The Balaban J connectivity index is 2.30. The molecule has 0 unspecified atom stereocenters. The van der Waals surface area contributed by atoms with Crippen LogP contribution in [0.25, 0.3) is 0 Å². The maximum absolute atomic E-state index is 12.0. The first-order chi connectivity index (χ1) is 8.47. The predicted molar refractivity (Wildman–Crippen MR) is 73.2 cm³/mol. The molecule has 6 heteroatoms. The van der Waals surface area contributed by atoms with Crippen LogP contribution in [0.2, 0.25) is 0 Å². The van der Waals surface area contributed by atoms with Gasteiger partial charge in [0.25, 0.3) is 0 Å². The average Bonchev–Trinajstić information content (AvgIpc) is 2.28. The summed E-state index contributed by atoms with van der Waals surface area (Å²) >= 11 is 0. The van der Waals surface area contributed by atoms with Crippen molar-refractivity contribution in [2.45, 2.75) is 45.1 Å². The van der Waals surface area contributed by atoms with Gasteiger partial charge in [0.1, 0.15) is 0 Å². The van der Waals surface area contributed by atoms with Crippen LogP contribution in [0.4, 0.5) is 0 Å². The molecule has 0 aromatic heterocycles. The molecule has 0 aromatic carbocycles. The van der Waals surface area contributed by atoms with Crippen molar-refractivity contribution in [3.05, 3.63) is 0 Å². The highest BCUT2D eigenvalue weighted by Gasteiger charge is 2.31. The van der Waals surface area contributed by atoms with Gasteiger partial charge in [-0.3, -0.25) is 0 Å². The minimum Gasteiger partial charge on any atom is -0.381 e. The van der Waals surface area contributed by atoms with Gasteiger partial charge in [0, 0.05) is 18.8 Å². The summed E-state index contributed by atoms with van der Waals surface area (Å²) in [6.45, 7) is 7.11. The summed E-state index contributed by atoms with van der Waals surface area (Å²) in [6, 6.07) is 0. The average molecular weight is 278 g/mol. The summed E-state index contributed by atoms with van der Waals surface area (Å²) in [5, 5.41) is 3.19. The highest BCUT2D eigenvalue weighted by Crippen LogP contribution is 2.20. The van der Waals surface area contributed by atoms with Gasteiger partial charge in [-0.25, -0.2) is 13.1 Å². The van der Waals surface area contributed by atoms with Gasteiger partial charge in [0.05, 0.1) is 5.75 Å². The Morgan fingerprint density at radius 1 is 1.22 bits per heavy atom. The molecule has 1 rings (SSSR count). The fourth-order valence-corrected chi connectivity index (χ4v) is 3.71. The van der Waals surface area contributed by atoms with Crippen molar-refractivity contribution in [1.82, 2.24) is 10.0 Å². The van der Waals surface area contributed by atoms with Crippen LogP contribution in [-0.2, 0) is 14.8 Å². The molecule has 0 spiro atoms. The summed E-state index contributed by atoms with van der Waals surface area (Å²) in [6.07, 6.45) is 3.11. The van der Waals surface area contributed by atoms with E-state index < -0.39 is 10.0 Å². The van der Waals surface area contributed by atoms with Gasteiger partial charge in [-0.05, 0) is 45.7 Å². The number of sulfonamides is 1. The van der Waals surface area contributed by atoms with Crippen LogP contribution in [0, 0.1) is 0 Å². The van der Waals surface area contributed by atoms with E-state index in [9.17, 15) is 8.42 Å². The first-order valence-electron chi connectivity index (χ1n) is 6.77. The zero-order valence-electron chi connectivity index (χ0n) is 11.5. The summed E-state index contributed by atoms with van der Waals surface area (Å²) in [5.41, 5.74) is -0.321. The normalized spacial score (nSPS) is 19.9. The van der Waals surface area contributed by atoms with Crippen LogP contribution in [0.5, 0.6) is 0 Å². The molecule has 0 amide bonds. The topological polar surface area (TPSA) is 67.4 Å². The molecule has 0 atom stereocenters. The Hall–Kier alpha value is -0.170. The Labute approximate surface area is 111 Å². The highest BCUT2D eigenvalue weighted by molar-refractivity contribution is 7.89. The highest BCUT2D eigenvalue weighted by atomic mass is 32.2. The van der Waals surface area contributed by atoms with Crippen LogP contribution in [0.15, 0.2) is 0 Å². The lowest BCUT2D eigenvalue weighted by atomic mass is 9.94. The van der Waals surface area contributed by atoms with Crippen molar-refractivity contribution >= 4 is 10.0 Å². The number of hydrogen-bond donors (Lipinski definition) is 2. The van der Waals surface area contributed by atoms with Crippen molar-refractivity contribution in [2.75, 3.05) is 32.1 Å². The molecule has 1 saturated heterocycles. The molecule has 0 aliphatic carbocycles. The monoisotopic (exact) mass is 278 g/mol. The van der Waals surface area contributed by atoms with Gasteiger partial charge in [-0.2, -0.15) is 0 Å².